The lowest BCUT2D eigenvalue weighted by atomic mass is 9.89. The van der Waals surface area contributed by atoms with Gasteiger partial charge in [0.1, 0.15) is 73.2 Å². The SMILES string of the molecule is CC(=O)NC1[C@H](OC/C=N/OCCO/N=C/CO[C@@H]2OC(COSOO[O-])[C@H](OS(=O)(=O)[O-])C(O[C@@H]3OC(C(=O)[O-])[C@H](C)C(O)C3O)C2C)OC(COS(=O)(=O)[O-])[C@H](OS(=O)(=O)[O-])[C@@H]1O[C@@H]1OC(C(=O)[O-])[C@H](O)[C@H](O)C1O. The minimum Gasteiger partial charge on any atom is -0.726 e. The predicted molar refractivity (Wildman–Crippen MR) is 222 cm³/mol. The molecule has 43 heteroatoms. The summed E-state index contributed by atoms with van der Waals surface area (Å²) in [7, 11) is -17.1. The summed E-state index contributed by atoms with van der Waals surface area (Å²) < 4.78 is 171. The lowest BCUT2D eigenvalue weighted by Crippen LogP contribution is -2.69. The highest BCUT2D eigenvalue weighted by atomic mass is 32.3. The maximum Gasteiger partial charge on any atom is 0.218 e. The molecule has 0 aromatic rings. The van der Waals surface area contributed by atoms with Gasteiger partial charge in [0.25, 0.3) is 0 Å². The summed E-state index contributed by atoms with van der Waals surface area (Å²) in [6.45, 7) is -0.682. The van der Waals surface area contributed by atoms with Crippen LogP contribution in [0.2, 0.25) is 0 Å². The van der Waals surface area contributed by atoms with Crippen molar-refractivity contribution in [2.75, 3.05) is 39.6 Å². The fourth-order valence-corrected chi connectivity index (χ4v) is 9.11. The van der Waals surface area contributed by atoms with Gasteiger partial charge < -0.3 is 117 Å². The number of carbonyl (C=O) groups excluding carboxylic acids is 3. The van der Waals surface area contributed by atoms with Crippen LogP contribution in [0.15, 0.2) is 10.3 Å². The van der Waals surface area contributed by atoms with E-state index in [4.69, 9.17) is 51.8 Å². The Morgan fingerprint density at radius 3 is 1.64 bits per heavy atom. The summed E-state index contributed by atoms with van der Waals surface area (Å²) in [6.07, 6.45) is -33.3. The largest absolute Gasteiger partial charge is 0.726 e. The molecule has 0 saturated carbocycles. The number of nitrogens with one attached hydrogen (secondary N) is 1. The van der Waals surface area contributed by atoms with Crippen molar-refractivity contribution in [1.82, 2.24) is 5.32 Å². The number of hydrogen-bond acceptors (Lipinski definition) is 39. The molecule has 77 heavy (non-hydrogen) atoms. The number of aliphatic carboxylic acids is 2. The van der Waals surface area contributed by atoms with Crippen LogP contribution < -0.4 is 20.8 Å². The summed E-state index contributed by atoms with van der Waals surface area (Å²) in [5.41, 5.74) is 0. The average Bonchev–Trinajstić information content (AvgIpc) is 3.32. The van der Waals surface area contributed by atoms with Crippen LogP contribution in [0.5, 0.6) is 0 Å². The zero-order chi connectivity index (χ0) is 57.6. The van der Waals surface area contributed by atoms with Gasteiger partial charge in [-0.25, -0.2) is 25.3 Å². The third kappa shape index (κ3) is 20.3. The van der Waals surface area contributed by atoms with Crippen LogP contribution in [0.3, 0.4) is 0 Å². The molecule has 4 aliphatic heterocycles. The Hall–Kier alpha value is -3.37. The van der Waals surface area contributed by atoms with Gasteiger partial charge in [-0.3, -0.25) is 26.6 Å². The Bertz CT molecular complexity index is 2300. The molecule has 0 bridgehead atoms. The number of carboxylic acids is 2. The number of oxime groups is 2. The topological polar surface area (TPSA) is 578 Å². The van der Waals surface area contributed by atoms with Crippen LogP contribution >= 0.6 is 12.3 Å². The lowest BCUT2D eigenvalue weighted by molar-refractivity contribution is -0.777. The van der Waals surface area contributed by atoms with Gasteiger partial charge in [0, 0.05) is 18.8 Å². The van der Waals surface area contributed by atoms with Gasteiger partial charge in [-0.15, -0.1) is 4.33 Å². The summed E-state index contributed by atoms with van der Waals surface area (Å²) in [6, 6.07) is -1.92. The lowest BCUT2D eigenvalue weighted by Gasteiger charge is -2.48. The van der Waals surface area contributed by atoms with E-state index < -0.39 is 198 Å². The highest BCUT2D eigenvalue weighted by molar-refractivity contribution is 7.89. The van der Waals surface area contributed by atoms with Crippen LogP contribution in [-0.2, 0) is 119 Å². The van der Waals surface area contributed by atoms with E-state index in [-0.39, 0.29) is 25.5 Å². The van der Waals surface area contributed by atoms with Crippen molar-refractivity contribution in [1.29, 1.82) is 0 Å². The number of carbonyl (C=O) groups is 3. The van der Waals surface area contributed by atoms with E-state index in [2.05, 4.69) is 37.5 Å². The molecule has 4 aliphatic rings. The Balaban J connectivity index is 1.39. The second-order valence-electron chi connectivity index (χ2n) is 16.2. The summed E-state index contributed by atoms with van der Waals surface area (Å²) in [5.74, 6) is -7.38. The molecule has 4 heterocycles. The molecule has 0 aromatic heterocycles. The number of aliphatic hydroxyl groups excluding tert-OH is 5. The van der Waals surface area contributed by atoms with E-state index in [1.807, 2.05) is 0 Å². The molecule has 0 radical (unpaired) electrons. The van der Waals surface area contributed by atoms with Crippen molar-refractivity contribution < 1.29 is 168 Å². The maximum absolute atomic E-state index is 12.4. The third-order valence-electron chi connectivity index (χ3n) is 10.9. The Labute approximate surface area is 439 Å². The minimum absolute atomic E-state index is 0.0615. The van der Waals surface area contributed by atoms with E-state index in [1.54, 1.807) is 0 Å². The van der Waals surface area contributed by atoms with Gasteiger partial charge >= 0.3 is 0 Å². The van der Waals surface area contributed by atoms with Gasteiger partial charge in [-0.2, -0.15) is 0 Å². The molecule has 0 aromatic carbocycles. The first-order valence-corrected chi connectivity index (χ1v) is 26.3. The van der Waals surface area contributed by atoms with E-state index in [1.165, 1.54) is 13.8 Å². The van der Waals surface area contributed by atoms with Crippen LogP contribution in [0.4, 0.5) is 0 Å². The summed E-state index contributed by atoms with van der Waals surface area (Å²) in [4.78, 5) is 45.7. The number of rotatable bonds is 30. The smallest absolute Gasteiger partial charge is 0.218 e. The molecule has 446 valence electrons. The first-order chi connectivity index (χ1) is 35.9. The molecule has 20 atom stereocenters. The standard InChI is InChI=1S/C34H55N3O36S4/c1-12-18(39)21(42)33(67-24(12)29(44)45)66-23-13(2)31(64-15(10-62-74-73-72-48)25(23)70-76(52,53)54)58-6-4-35-60-8-9-61-36-5-7-59-32-17(37-14(3)38)27(68-34-22(43)19(40)20(41)28(69-34)30(46)47)26(71-77(55,56)57)16(65-32)11-63-75(49,50)51/h4-5,12-13,15-28,31-34,39-43,48H,6-11H2,1-3H3,(H,37,38)(H,44,45)(H,46,47)(H,49,50,51)(H,52,53,54)(H,55,56,57)/p-6/b35-4+,36-5+/t12-,13?,15?,16?,17?,18?,19+,20-,21?,22?,23?,24?,25+,26+,27-,28?,31-,32-,33-,34-/m1/s1. The molecule has 6 N–H and O–H groups in total. The molecule has 0 spiro atoms. The van der Waals surface area contributed by atoms with Crippen LogP contribution in [-0.4, -0.2) is 245 Å². The third-order valence-corrected chi connectivity index (χ3v) is 12.6. The second kappa shape index (κ2) is 29.9. The second-order valence-corrected chi connectivity index (χ2v) is 19.8. The van der Waals surface area contributed by atoms with Crippen molar-refractivity contribution in [3.63, 3.8) is 0 Å². The zero-order valence-corrected chi connectivity index (χ0v) is 42.6. The highest BCUT2D eigenvalue weighted by Gasteiger charge is 2.55. The van der Waals surface area contributed by atoms with Crippen LogP contribution in [0.1, 0.15) is 20.8 Å². The molecule has 39 nitrogen and oxygen atoms in total. The molecular formula is C34H49N3O36S4-6. The fourth-order valence-electron chi connectivity index (χ4n) is 7.55. The fraction of sp³-hybridized carbons (Fsp3) is 0.853. The van der Waals surface area contributed by atoms with Gasteiger partial charge in [-0.05, 0) is 0 Å². The highest BCUT2D eigenvalue weighted by Crippen LogP contribution is 2.37. The molecule has 0 aliphatic carbocycles. The maximum atomic E-state index is 12.4. The van der Waals surface area contributed by atoms with E-state index in [0.717, 1.165) is 19.4 Å². The molecule has 4 rings (SSSR count). The Morgan fingerprint density at radius 1 is 0.623 bits per heavy atom. The van der Waals surface area contributed by atoms with E-state index in [9.17, 15) is 94.3 Å². The molecule has 4 saturated heterocycles. The normalized spacial score (nSPS) is 36.4. The molecule has 10 unspecified atom stereocenters. The number of hydrogen-bond donors (Lipinski definition) is 6. The number of ether oxygens (including phenoxy) is 8. The Morgan fingerprint density at radius 2 is 1.12 bits per heavy atom. The minimum atomic E-state index is -5.87. The van der Waals surface area contributed by atoms with Crippen molar-refractivity contribution in [3.8, 4) is 0 Å². The average molecular weight is 1200 g/mol. The van der Waals surface area contributed by atoms with Gasteiger partial charge in [0.2, 0.25) is 37.1 Å². The number of carboxylic acid groups (broad SMARTS) is 2. The number of amides is 1. The van der Waals surface area contributed by atoms with Crippen LogP contribution in [0, 0.1) is 11.8 Å². The van der Waals surface area contributed by atoms with Crippen LogP contribution in [0.25, 0.3) is 0 Å². The summed E-state index contributed by atoms with van der Waals surface area (Å²) in [5, 5.41) is 98.2. The first-order valence-electron chi connectivity index (χ1n) is 21.6. The van der Waals surface area contributed by atoms with Gasteiger partial charge in [0.15, 0.2) is 50.7 Å². The first kappa shape index (κ1) is 66.1. The molecular weight excluding hydrogens is 1150 g/mol. The van der Waals surface area contributed by atoms with Crippen molar-refractivity contribution in [3.05, 3.63) is 0 Å². The number of aliphatic hydroxyl groups is 5. The van der Waals surface area contributed by atoms with E-state index in [0.29, 0.717) is 0 Å². The molecule has 4 fully saturated rings. The van der Waals surface area contributed by atoms with Crippen molar-refractivity contribution >= 4 is 73.8 Å². The monoisotopic (exact) mass is 1200 g/mol. The summed E-state index contributed by atoms with van der Waals surface area (Å²) >= 11 is -0.0615. The molecule has 1 amide bonds. The quantitative estimate of drug-likeness (QED) is 0.00740. The van der Waals surface area contributed by atoms with Gasteiger partial charge in [0.05, 0.1) is 63.0 Å². The van der Waals surface area contributed by atoms with E-state index >= 15 is 0 Å². The predicted octanol–water partition coefficient (Wildman–Crippen LogP) is -11.3. The number of nitrogens with zero attached hydrogens (tertiary/aromatic N) is 2. The Kier molecular flexibility index (Phi) is 25.7. The van der Waals surface area contributed by atoms with Crippen molar-refractivity contribution in [2.24, 2.45) is 22.1 Å². The van der Waals surface area contributed by atoms with Gasteiger partial charge in [-0.1, -0.05) is 24.2 Å². The zero-order valence-electron chi connectivity index (χ0n) is 39.4. The van der Waals surface area contributed by atoms with Crippen molar-refractivity contribution in [2.45, 2.75) is 131 Å².